The Morgan fingerprint density at radius 2 is 1.72 bits per heavy atom. The van der Waals surface area contributed by atoms with E-state index in [2.05, 4.69) is 15.6 Å². The number of amidine groups is 1. The lowest BCUT2D eigenvalue weighted by Gasteiger charge is -2.17. The molecule has 0 amide bonds. The topological polar surface area (TPSA) is 70.6 Å². The molecule has 0 aliphatic heterocycles. The summed E-state index contributed by atoms with van der Waals surface area (Å²) in [4.78, 5) is 4.40. The van der Waals surface area contributed by atoms with Gasteiger partial charge in [-0.3, -0.25) is 4.99 Å². The van der Waals surface area contributed by atoms with Gasteiger partial charge in [0.1, 0.15) is 5.84 Å². The van der Waals surface area contributed by atoms with E-state index in [0.717, 1.165) is 22.8 Å². The summed E-state index contributed by atoms with van der Waals surface area (Å²) in [5.41, 5.74) is 4.35. The number of anilines is 3. The van der Waals surface area contributed by atoms with E-state index in [-0.39, 0.29) is 4.90 Å². The van der Waals surface area contributed by atoms with Crippen molar-refractivity contribution in [2.75, 3.05) is 23.9 Å². The van der Waals surface area contributed by atoms with Crippen molar-refractivity contribution in [3.05, 3.63) is 47.5 Å². The minimum Gasteiger partial charge on any atom is -0.355 e. The first-order valence-corrected chi connectivity index (χ1v) is 10.0. The largest absolute Gasteiger partial charge is 0.355 e. The van der Waals surface area contributed by atoms with Gasteiger partial charge in [-0.25, -0.2) is 8.42 Å². The SMILES string of the molecule is CCC(=NC)Nc1cc(C)c(Nc2ccc(C)cc2)cc1S(C)(=O)=O. The second-order valence-electron chi connectivity index (χ2n) is 6.08. The van der Waals surface area contributed by atoms with Crippen molar-refractivity contribution in [1.82, 2.24) is 0 Å². The molecule has 0 saturated carbocycles. The molecular formula is C19H25N3O2S. The molecule has 0 atom stereocenters. The van der Waals surface area contributed by atoms with Crippen LogP contribution < -0.4 is 10.6 Å². The Kier molecular flexibility index (Phi) is 5.85. The van der Waals surface area contributed by atoms with Gasteiger partial charge in [-0.15, -0.1) is 0 Å². The van der Waals surface area contributed by atoms with Gasteiger partial charge in [-0.2, -0.15) is 0 Å². The summed E-state index contributed by atoms with van der Waals surface area (Å²) in [5.74, 6) is 0.739. The molecule has 0 aliphatic carbocycles. The molecule has 0 aromatic heterocycles. The van der Waals surface area contributed by atoms with Crippen molar-refractivity contribution >= 4 is 32.7 Å². The number of aryl methyl sites for hydroxylation is 2. The molecule has 2 aromatic rings. The first-order chi connectivity index (χ1) is 11.7. The van der Waals surface area contributed by atoms with Crippen molar-refractivity contribution in [2.45, 2.75) is 32.1 Å². The summed E-state index contributed by atoms with van der Waals surface area (Å²) in [6, 6.07) is 11.5. The zero-order chi connectivity index (χ0) is 18.6. The first kappa shape index (κ1) is 19.0. The third kappa shape index (κ3) is 4.82. The highest BCUT2D eigenvalue weighted by Gasteiger charge is 2.17. The fourth-order valence-electron chi connectivity index (χ4n) is 2.48. The number of hydrogen-bond acceptors (Lipinski definition) is 4. The minimum absolute atomic E-state index is 0.252. The second kappa shape index (κ2) is 7.70. The molecule has 0 saturated heterocycles. The zero-order valence-electron chi connectivity index (χ0n) is 15.3. The van der Waals surface area contributed by atoms with Crippen LogP contribution in [0.15, 0.2) is 46.3 Å². The van der Waals surface area contributed by atoms with Gasteiger partial charge in [0.2, 0.25) is 0 Å². The van der Waals surface area contributed by atoms with Gasteiger partial charge in [0.25, 0.3) is 0 Å². The number of rotatable bonds is 5. The summed E-state index contributed by atoms with van der Waals surface area (Å²) in [5, 5.41) is 6.43. The number of hydrogen-bond donors (Lipinski definition) is 2. The van der Waals surface area contributed by atoms with E-state index < -0.39 is 9.84 Å². The normalized spacial score (nSPS) is 12.1. The van der Waals surface area contributed by atoms with Crippen LogP contribution in [0, 0.1) is 13.8 Å². The van der Waals surface area contributed by atoms with Crippen LogP contribution in [0.3, 0.4) is 0 Å². The standard InChI is InChI=1S/C19H25N3O2S/c1-6-19(20-4)22-17-11-14(3)16(12-18(17)25(5,23)24)21-15-9-7-13(2)8-10-15/h7-12,21H,6H2,1-5H3,(H,20,22). The Balaban J connectivity index is 2.48. The van der Waals surface area contributed by atoms with E-state index in [1.165, 1.54) is 11.8 Å². The molecule has 0 aliphatic rings. The highest BCUT2D eigenvalue weighted by molar-refractivity contribution is 7.90. The molecule has 6 heteroatoms. The Hall–Kier alpha value is -2.34. The summed E-state index contributed by atoms with van der Waals surface area (Å²) in [7, 11) is -1.70. The van der Waals surface area contributed by atoms with Crippen LogP contribution in [0.4, 0.5) is 17.1 Å². The van der Waals surface area contributed by atoms with E-state index in [4.69, 9.17) is 0 Å². The van der Waals surface area contributed by atoms with Gasteiger partial charge < -0.3 is 10.6 Å². The van der Waals surface area contributed by atoms with Crippen LogP contribution in [0.1, 0.15) is 24.5 Å². The molecule has 0 spiro atoms. The quantitative estimate of drug-likeness (QED) is 0.617. The van der Waals surface area contributed by atoms with E-state index in [1.54, 1.807) is 13.1 Å². The van der Waals surface area contributed by atoms with E-state index >= 15 is 0 Å². The number of nitrogens with zero attached hydrogens (tertiary/aromatic N) is 1. The molecule has 134 valence electrons. The third-order valence-electron chi connectivity index (χ3n) is 3.94. The molecular weight excluding hydrogens is 334 g/mol. The predicted octanol–water partition coefficient (Wildman–Crippen LogP) is 4.30. The van der Waals surface area contributed by atoms with Gasteiger partial charge in [0.05, 0.1) is 10.6 Å². The molecule has 0 bridgehead atoms. The maximum atomic E-state index is 12.3. The number of nitrogens with one attached hydrogen (secondary N) is 2. The highest BCUT2D eigenvalue weighted by Crippen LogP contribution is 2.31. The average Bonchev–Trinajstić information content (AvgIpc) is 2.55. The molecule has 0 fully saturated rings. The Labute approximate surface area is 150 Å². The van der Waals surface area contributed by atoms with Crippen molar-refractivity contribution in [3.8, 4) is 0 Å². The summed E-state index contributed by atoms with van der Waals surface area (Å²) in [6.45, 7) is 5.94. The maximum Gasteiger partial charge on any atom is 0.177 e. The number of aliphatic imine (C=N–C) groups is 1. The zero-order valence-corrected chi connectivity index (χ0v) is 16.2. The van der Waals surface area contributed by atoms with E-state index in [0.29, 0.717) is 12.1 Å². The molecule has 0 heterocycles. The lowest BCUT2D eigenvalue weighted by molar-refractivity contribution is 0.602. The van der Waals surface area contributed by atoms with Gasteiger partial charge in [-0.05, 0) is 43.7 Å². The second-order valence-corrected chi connectivity index (χ2v) is 8.06. The first-order valence-electron chi connectivity index (χ1n) is 8.15. The molecule has 25 heavy (non-hydrogen) atoms. The smallest absolute Gasteiger partial charge is 0.177 e. The van der Waals surface area contributed by atoms with Crippen molar-refractivity contribution in [1.29, 1.82) is 0 Å². The van der Waals surface area contributed by atoms with Crippen LogP contribution in [0.2, 0.25) is 0 Å². The molecule has 2 aromatic carbocycles. The average molecular weight is 359 g/mol. The van der Waals surface area contributed by atoms with Gasteiger partial charge in [0, 0.05) is 31.1 Å². The van der Waals surface area contributed by atoms with Gasteiger partial charge in [0.15, 0.2) is 9.84 Å². The fraction of sp³-hybridized carbons (Fsp3) is 0.316. The monoisotopic (exact) mass is 359 g/mol. The molecule has 0 unspecified atom stereocenters. The Morgan fingerprint density at radius 1 is 1.08 bits per heavy atom. The summed E-state index contributed by atoms with van der Waals surface area (Å²) >= 11 is 0. The van der Waals surface area contributed by atoms with Crippen molar-refractivity contribution in [2.24, 2.45) is 4.99 Å². The summed E-state index contributed by atoms with van der Waals surface area (Å²) in [6.07, 6.45) is 1.91. The van der Waals surface area contributed by atoms with Crippen molar-refractivity contribution < 1.29 is 8.42 Å². The molecule has 5 nitrogen and oxygen atoms in total. The highest BCUT2D eigenvalue weighted by atomic mass is 32.2. The maximum absolute atomic E-state index is 12.3. The van der Waals surface area contributed by atoms with Crippen LogP contribution >= 0.6 is 0 Å². The molecule has 2 N–H and O–H groups in total. The third-order valence-corrected chi connectivity index (χ3v) is 5.08. The predicted molar refractivity (Wildman–Crippen MR) is 106 cm³/mol. The van der Waals surface area contributed by atoms with Crippen LogP contribution in [-0.4, -0.2) is 27.6 Å². The number of benzene rings is 2. The van der Waals surface area contributed by atoms with Crippen LogP contribution in [0.25, 0.3) is 0 Å². The number of sulfone groups is 1. The van der Waals surface area contributed by atoms with Crippen LogP contribution in [-0.2, 0) is 9.84 Å². The lowest BCUT2D eigenvalue weighted by Crippen LogP contribution is -2.14. The lowest BCUT2D eigenvalue weighted by atomic mass is 10.1. The van der Waals surface area contributed by atoms with E-state index in [1.807, 2.05) is 51.1 Å². The minimum atomic E-state index is -3.39. The van der Waals surface area contributed by atoms with Crippen LogP contribution in [0.5, 0.6) is 0 Å². The molecule has 0 radical (unpaired) electrons. The van der Waals surface area contributed by atoms with Gasteiger partial charge >= 0.3 is 0 Å². The summed E-state index contributed by atoms with van der Waals surface area (Å²) < 4.78 is 24.5. The van der Waals surface area contributed by atoms with E-state index in [9.17, 15) is 8.42 Å². The van der Waals surface area contributed by atoms with Crippen molar-refractivity contribution in [3.63, 3.8) is 0 Å². The Morgan fingerprint density at radius 3 is 2.24 bits per heavy atom. The Bertz CT molecular complexity index is 886. The fourth-order valence-corrected chi connectivity index (χ4v) is 3.32. The molecule has 2 rings (SSSR count). The van der Waals surface area contributed by atoms with Gasteiger partial charge in [-0.1, -0.05) is 24.6 Å².